The molecule has 0 radical (unpaired) electrons. The highest BCUT2D eigenvalue weighted by Crippen LogP contribution is 2.24. The molecule has 1 saturated heterocycles. The lowest BCUT2D eigenvalue weighted by Gasteiger charge is -2.45. The Morgan fingerprint density at radius 1 is 1.19 bits per heavy atom. The molecule has 2 atom stereocenters. The van der Waals surface area contributed by atoms with Gasteiger partial charge in [0.25, 0.3) is 5.91 Å². The van der Waals surface area contributed by atoms with Crippen LogP contribution in [0.2, 0.25) is 0 Å². The van der Waals surface area contributed by atoms with Gasteiger partial charge in [0.15, 0.2) is 6.10 Å². The van der Waals surface area contributed by atoms with Crippen LogP contribution in [0.15, 0.2) is 42.5 Å². The average molecular weight is 499 g/mol. The minimum absolute atomic E-state index is 0.0297. The van der Waals surface area contributed by atoms with Gasteiger partial charge < -0.3 is 25.1 Å². The van der Waals surface area contributed by atoms with E-state index in [9.17, 15) is 19.2 Å². The number of fused-ring (bicyclic) bond motifs is 1. The third-order valence-corrected chi connectivity index (χ3v) is 6.06. The van der Waals surface area contributed by atoms with Crippen LogP contribution in [0.4, 0.5) is 4.79 Å². The van der Waals surface area contributed by atoms with E-state index < -0.39 is 36.6 Å². The molecule has 2 N–H and O–H groups in total. The molecule has 2 aromatic rings. The summed E-state index contributed by atoms with van der Waals surface area (Å²) in [7, 11) is 1.86. The minimum atomic E-state index is -1.33. The molecule has 10 heteroatoms. The van der Waals surface area contributed by atoms with E-state index in [-0.39, 0.29) is 19.7 Å². The highest BCUT2D eigenvalue weighted by Gasteiger charge is 2.45. The predicted molar refractivity (Wildman–Crippen MR) is 133 cm³/mol. The van der Waals surface area contributed by atoms with Crippen molar-refractivity contribution in [1.29, 1.82) is 0 Å². The molecule has 1 aliphatic rings. The highest BCUT2D eigenvalue weighted by atomic mass is 16.7. The van der Waals surface area contributed by atoms with Crippen LogP contribution < -0.4 is 5.73 Å². The molecule has 0 saturated carbocycles. The first-order valence-electron chi connectivity index (χ1n) is 12.0. The monoisotopic (exact) mass is 498 g/mol. The number of primary amides is 1. The summed E-state index contributed by atoms with van der Waals surface area (Å²) in [6, 6.07) is 13.4. The molecule has 194 valence electrons. The summed E-state index contributed by atoms with van der Waals surface area (Å²) >= 11 is 0. The average Bonchev–Trinajstić information content (AvgIpc) is 2.84. The standard InChI is InChI=1S/C26H34N4O6/c1-18(2)11-12-28(3)16-24-29(13-14-31)25(33)22(15-23(27)32)36-30(24)26(34)35-17-20-9-6-8-19-7-4-5-10-21(19)20/h4-10,14,18,22,24H,11-13,15-17H2,1-3H3,(H2,27,32). The van der Waals surface area contributed by atoms with E-state index in [1.807, 2.05) is 54.4 Å². The van der Waals surface area contributed by atoms with E-state index in [2.05, 4.69) is 13.8 Å². The van der Waals surface area contributed by atoms with Crippen molar-refractivity contribution >= 4 is 35.0 Å². The van der Waals surface area contributed by atoms with Crippen molar-refractivity contribution < 1.29 is 28.8 Å². The minimum Gasteiger partial charge on any atom is -0.443 e. The molecule has 3 amide bonds. The number of likely N-dealkylation sites (N-methyl/N-ethyl adjacent to an activating group) is 1. The molecule has 1 fully saturated rings. The summed E-state index contributed by atoms with van der Waals surface area (Å²) < 4.78 is 5.60. The van der Waals surface area contributed by atoms with Gasteiger partial charge in [0.2, 0.25) is 5.91 Å². The number of aldehydes is 1. The smallest absolute Gasteiger partial charge is 0.436 e. The van der Waals surface area contributed by atoms with Crippen molar-refractivity contribution in [3.05, 3.63) is 48.0 Å². The Bertz CT molecular complexity index is 1090. The van der Waals surface area contributed by atoms with Crippen molar-refractivity contribution in [2.75, 3.05) is 26.7 Å². The second kappa shape index (κ2) is 12.5. The second-order valence-corrected chi connectivity index (χ2v) is 9.37. The van der Waals surface area contributed by atoms with E-state index in [1.165, 1.54) is 4.90 Å². The summed E-state index contributed by atoms with van der Waals surface area (Å²) in [5.74, 6) is -0.887. The van der Waals surface area contributed by atoms with Gasteiger partial charge in [0.05, 0.1) is 13.0 Å². The van der Waals surface area contributed by atoms with Gasteiger partial charge in [-0.15, -0.1) is 0 Å². The quantitative estimate of drug-likeness (QED) is 0.472. The third kappa shape index (κ3) is 6.79. The fourth-order valence-corrected chi connectivity index (χ4v) is 4.12. The lowest BCUT2D eigenvalue weighted by molar-refractivity contribution is -0.255. The van der Waals surface area contributed by atoms with Crippen LogP contribution >= 0.6 is 0 Å². The number of ether oxygens (including phenoxy) is 1. The summed E-state index contributed by atoms with van der Waals surface area (Å²) in [5, 5.41) is 2.91. The molecular formula is C26H34N4O6. The molecule has 0 aliphatic carbocycles. The van der Waals surface area contributed by atoms with Crippen molar-refractivity contribution in [3.8, 4) is 0 Å². The Labute approximate surface area is 210 Å². The molecule has 0 aromatic heterocycles. The molecule has 3 rings (SSSR count). The Morgan fingerprint density at radius 3 is 2.61 bits per heavy atom. The number of hydrogen-bond donors (Lipinski definition) is 1. The molecule has 2 aromatic carbocycles. The molecule has 2 unspecified atom stereocenters. The van der Waals surface area contributed by atoms with Crippen LogP contribution in [0.3, 0.4) is 0 Å². The van der Waals surface area contributed by atoms with Crippen molar-refractivity contribution in [2.24, 2.45) is 11.7 Å². The molecule has 1 heterocycles. The van der Waals surface area contributed by atoms with Crippen LogP contribution in [0.25, 0.3) is 10.8 Å². The summed E-state index contributed by atoms with van der Waals surface area (Å²) in [4.78, 5) is 58.2. The maximum atomic E-state index is 13.3. The molecule has 1 aliphatic heterocycles. The van der Waals surface area contributed by atoms with Gasteiger partial charge in [0, 0.05) is 6.54 Å². The molecular weight excluding hydrogens is 464 g/mol. The highest BCUT2D eigenvalue weighted by molar-refractivity contribution is 5.89. The zero-order chi connectivity index (χ0) is 26.2. The SMILES string of the molecule is CC(C)CCN(C)CC1N(CC=O)C(=O)C(CC(N)=O)ON1C(=O)OCc1cccc2ccccc12. The van der Waals surface area contributed by atoms with Crippen LogP contribution in [0.1, 0.15) is 32.3 Å². The lowest BCUT2D eigenvalue weighted by Crippen LogP contribution is -2.65. The first-order valence-corrected chi connectivity index (χ1v) is 12.0. The van der Waals surface area contributed by atoms with Crippen LogP contribution in [-0.4, -0.2) is 78.0 Å². The maximum absolute atomic E-state index is 13.3. The van der Waals surface area contributed by atoms with E-state index in [0.29, 0.717) is 18.7 Å². The second-order valence-electron chi connectivity index (χ2n) is 9.37. The fraction of sp³-hybridized carbons (Fsp3) is 0.462. The third-order valence-electron chi connectivity index (χ3n) is 6.06. The Hall–Kier alpha value is -3.50. The number of carbonyl (C=O) groups excluding carboxylic acids is 4. The van der Waals surface area contributed by atoms with Crippen molar-refractivity contribution in [1.82, 2.24) is 14.9 Å². The van der Waals surface area contributed by atoms with E-state index in [1.54, 1.807) is 0 Å². The van der Waals surface area contributed by atoms with E-state index in [4.69, 9.17) is 15.3 Å². The van der Waals surface area contributed by atoms with Gasteiger partial charge in [-0.1, -0.05) is 56.3 Å². The van der Waals surface area contributed by atoms with Crippen LogP contribution in [-0.2, 0) is 30.6 Å². The van der Waals surface area contributed by atoms with Gasteiger partial charge >= 0.3 is 6.09 Å². The molecule has 0 bridgehead atoms. The first kappa shape index (κ1) is 27.1. The number of nitrogens with two attached hydrogens (primary N) is 1. The first-order chi connectivity index (χ1) is 17.2. The number of hydrogen-bond acceptors (Lipinski definition) is 7. The lowest BCUT2D eigenvalue weighted by atomic mass is 10.1. The zero-order valence-corrected chi connectivity index (χ0v) is 21.0. The topological polar surface area (TPSA) is 122 Å². The normalized spacial score (nSPS) is 18.2. The number of hydroxylamine groups is 2. The number of benzene rings is 2. The van der Waals surface area contributed by atoms with Gasteiger partial charge in [-0.3, -0.25) is 14.4 Å². The number of rotatable bonds is 11. The maximum Gasteiger partial charge on any atom is 0.436 e. The van der Waals surface area contributed by atoms with Gasteiger partial charge in [-0.25, -0.2) is 4.79 Å². The Balaban J connectivity index is 1.84. The van der Waals surface area contributed by atoms with E-state index >= 15 is 0 Å². The Morgan fingerprint density at radius 2 is 1.92 bits per heavy atom. The van der Waals surface area contributed by atoms with Crippen LogP contribution in [0, 0.1) is 5.92 Å². The molecule has 0 spiro atoms. The number of carbonyl (C=O) groups is 4. The van der Waals surface area contributed by atoms with Gasteiger partial charge in [0.1, 0.15) is 19.1 Å². The molecule has 36 heavy (non-hydrogen) atoms. The summed E-state index contributed by atoms with van der Waals surface area (Å²) in [6.45, 7) is 4.83. The molecule has 10 nitrogen and oxygen atoms in total. The number of nitrogens with zero attached hydrogens (tertiary/aromatic N) is 3. The summed E-state index contributed by atoms with van der Waals surface area (Å²) in [6.07, 6.45) is -2.04. The largest absolute Gasteiger partial charge is 0.443 e. The van der Waals surface area contributed by atoms with Crippen molar-refractivity contribution in [3.63, 3.8) is 0 Å². The van der Waals surface area contributed by atoms with Crippen LogP contribution in [0.5, 0.6) is 0 Å². The van der Waals surface area contributed by atoms with Gasteiger partial charge in [-0.2, -0.15) is 5.06 Å². The predicted octanol–water partition coefficient (Wildman–Crippen LogP) is 2.30. The zero-order valence-electron chi connectivity index (χ0n) is 21.0. The van der Waals surface area contributed by atoms with Crippen molar-refractivity contribution in [2.45, 2.75) is 45.6 Å². The summed E-state index contributed by atoms with van der Waals surface area (Å²) in [5.41, 5.74) is 6.10. The van der Waals surface area contributed by atoms with E-state index in [0.717, 1.165) is 27.8 Å². The number of amides is 3. The Kier molecular flexibility index (Phi) is 9.38. The fourth-order valence-electron chi connectivity index (χ4n) is 4.12. The van der Waals surface area contributed by atoms with Gasteiger partial charge in [-0.05, 0) is 42.3 Å².